The number of hydrogen-bond acceptors (Lipinski definition) is 5. The summed E-state index contributed by atoms with van der Waals surface area (Å²) in [7, 11) is 1.54. The summed E-state index contributed by atoms with van der Waals surface area (Å²) < 4.78 is 23.6. The van der Waals surface area contributed by atoms with Crippen LogP contribution >= 0.6 is 7.82 Å². The number of aliphatic hydroxyl groups is 1. The van der Waals surface area contributed by atoms with Crippen molar-refractivity contribution in [2.24, 2.45) is 0 Å². The maximum absolute atomic E-state index is 12.9. The van der Waals surface area contributed by atoms with Crippen LogP contribution in [0.1, 0.15) is 194 Å². The third-order valence-electron chi connectivity index (χ3n) is 10.6. The summed E-state index contributed by atoms with van der Waals surface area (Å²) in [6.45, 7) is 4.65. The molecule has 0 aliphatic carbocycles. The van der Waals surface area contributed by atoms with Crippen LogP contribution in [0.15, 0.2) is 85.1 Å². The molecule has 0 aliphatic rings. The van der Waals surface area contributed by atoms with E-state index < -0.39 is 20.0 Å². The Bertz CT molecular complexity index is 1280. The quantitative estimate of drug-likeness (QED) is 0.0244. The number of carbonyl (C=O) groups is 1. The Labute approximate surface area is 382 Å². The molecule has 358 valence electrons. The second-order valence-corrected chi connectivity index (χ2v) is 19.3. The van der Waals surface area contributed by atoms with Gasteiger partial charge in [0.1, 0.15) is 13.2 Å². The molecule has 0 rings (SSSR count). The second-order valence-electron chi connectivity index (χ2n) is 17.8. The van der Waals surface area contributed by atoms with Crippen LogP contribution in [0.2, 0.25) is 0 Å². The molecule has 0 bridgehead atoms. The van der Waals surface area contributed by atoms with Crippen molar-refractivity contribution < 1.29 is 32.9 Å². The maximum Gasteiger partial charge on any atom is 0.472 e. The summed E-state index contributed by atoms with van der Waals surface area (Å²) in [6.07, 6.45) is 60.9. The van der Waals surface area contributed by atoms with Crippen molar-refractivity contribution >= 4 is 13.7 Å². The van der Waals surface area contributed by atoms with Gasteiger partial charge < -0.3 is 19.8 Å². The molecule has 0 saturated carbocycles. The number of hydrogen-bond donors (Lipinski definition) is 3. The number of nitrogens with one attached hydrogen (secondary N) is 1. The highest BCUT2D eigenvalue weighted by molar-refractivity contribution is 7.47. The molecule has 0 saturated heterocycles. The number of carbonyl (C=O) groups excluding carboxylic acids is 1. The van der Waals surface area contributed by atoms with Gasteiger partial charge in [-0.2, -0.15) is 0 Å². The zero-order chi connectivity index (χ0) is 45.7. The minimum absolute atomic E-state index is 0.0518. The van der Waals surface area contributed by atoms with E-state index in [1.165, 1.54) is 103 Å². The van der Waals surface area contributed by atoms with Crippen molar-refractivity contribution in [3.63, 3.8) is 0 Å². The van der Waals surface area contributed by atoms with Gasteiger partial charge in [-0.05, 0) is 77.0 Å². The van der Waals surface area contributed by atoms with Crippen molar-refractivity contribution in [2.45, 2.75) is 206 Å². The van der Waals surface area contributed by atoms with Gasteiger partial charge in [0.2, 0.25) is 5.91 Å². The monoisotopic (exact) mass is 888 g/mol. The van der Waals surface area contributed by atoms with Gasteiger partial charge in [-0.15, -0.1) is 0 Å². The normalized spacial score (nSPS) is 14.9. The average molecular weight is 888 g/mol. The first-order valence-electron chi connectivity index (χ1n) is 25.0. The Morgan fingerprint density at radius 3 is 1.48 bits per heavy atom. The summed E-state index contributed by atoms with van der Waals surface area (Å²) in [4.78, 5) is 23.2. The summed E-state index contributed by atoms with van der Waals surface area (Å²) in [6, 6.07) is -0.868. The Morgan fingerprint density at radius 1 is 0.565 bits per heavy atom. The van der Waals surface area contributed by atoms with E-state index in [4.69, 9.17) is 9.05 Å². The molecule has 0 aromatic carbocycles. The van der Waals surface area contributed by atoms with Crippen LogP contribution in [0.5, 0.6) is 0 Å². The smallest absolute Gasteiger partial charge is 0.387 e. The fourth-order valence-corrected chi connectivity index (χ4v) is 7.41. The van der Waals surface area contributed by atoms with E-state index in [9.17, 15) is 19.4 Å². The number of likely N-dealkylation sites (N-methyl/N-ethyl adjacent to an activating group) is 1. The number of phosphoric ester groups is 1. The van der Waals surface area contributed by atoms with Crippen molar-refractivity contribution in [1.29, 1.82) is 0 Å². The van der Waals surface area contributed by atoms with Gasteiger partial charge in [-0.1, -0.05) is 195 Å². The number of phosphoric acid groups is 1. The number of unbranched alkanes of at least 4 members (excludes halogenated alkanes) is 19. The Morgan fingerprint density at radius 2 is 0.984 bits per heavy atom. The minimum Gasteiger partial charge on any atom is -0.387 e. The van der Waals surface area contributed by atoms with E-state index in [0.717, 1.165) is 70.6 Å². The molecule has 0 aromatic heterocycles. The van der Waals surface area contributed by atoms with Crippen LogP contribution in [-0.2, 0) is 18.4 Å². The molecule has 1 amide bonds. The highest BCUT2D eigenvalue weighted by atomic mass is 31.2. The summed E-state index contributed by atoms with van der Waals surface area (Å²) in [5.41, 5.74) is 0. The van der Waals surface area contributed by atoms with Crippen LogP contribution in [-0.4, -0.2) is 73.4 Å². The van der Waals surface area contributed by atoms with Gasteiger partial charge in [-0.3, -0.25) is 13.8 Å². The number of allylic oxidation sites excluding steroid dienone is 13. The van der Waals surface area contributed by atoms with Crippen molar-refractivity contribution in [2.75, 3.05) is 40.9 Å². The highest BCUT2D eigenvalue weighted by Crippen LogP contribution is 2.43. The number of nitrogens with zero attached hydrogens (tertiary/aromatic N) is 1. The molecule has 3 N–H and O–H groups in total. The molecule has 3 unspecified atom stereocenters. The standard InChI is InChI=1S/C53H95N2O6P/c1-6-8-10-12-14-16-18-20-21-22-23-24-25-26-27-28-29-30-31-32-33-35-37-39-41-43-45-47-53(57)54-51(50-61-62(58,59)60-49-48-55(3,4)5)52(56)46-44-42-40-38-36-34-19-17-15-13-11-9-7-2/h8,10,14,16,20-21,23-24,26-27,36,38,44,46,51-52,56H,6-7,9,11-13,15,17-19,22,25,28-35,37,39-43,45,47-50H2,1-5H3,(H-,54,57,58,59)/p+1/b10-8-,16-14-,21-20-,24-23-,27-26-,38-36+,46-44+. The molecule has 0 radical (unpaired) electrons. The lowest BCUT2D eigenvalue weighted by molar-refractivity contribution is -0.870. The Hall–Kier alpha value is -2.32. The molecule has 0 aliphatic heterocycles. The number of rotatable bonds is 44. The molecule has 3 atom stereocenters. The summed E-state index contributed by atoms with van der Waals surface area (Å²) in [5, 5.41) is 13.8. The molecule has 9 heteroatoms. The second kappa shape index (κ2) is 43.9. The van der Waals surface area contributed by atoms with E-state index in [0.29, 0.717) is 17.4 Å². The van der Waals surface area contributed by atoms with E-state index in [2.05, 4.69) is 92.1 Å². The predicted molar refractivity (Wildman–Crippen MR) is 267 cm³/mol. The number of amides is 1. The van der Waals surface area contributed by atoms with Crippen molar-refractivity contribution in [3.05, 3.63) is 85.1 Å². The van der Waals surface area contributed by atoms with Gasteiger partial charge in [0, 0.05) is 6.42 Å². The molecule has 0 heterocycles. The minimum atomic E-state index is -4.35. The molecule has 0 fully saturated rings. The molecular weight excluding hydrogens is 792 g/mol. The fourth-order valence-electron chi connectivity index (χ4n) is 6.67. The Kier molecular flexibility index (Phi) is 42.3. The van der Waals surface area contributed by atoms with Gasteiger partial charge >= 0.3 is 7.82 Å². The lowest BCUT2D eigenvalue weighted by atomic mass is 10.0. The lowest BCUT2D eigenvalue weighted by Crippen LogP contribution is -2.45. The van der Waals surface area contributed by atoms with E-state index in [1.807, 2.05) is 27.2 Å². The third kappa shape index (κ3) is 45.7. The van der Waals surface area contributed by atoms with Crippen LogP contribution in [0, 0.1) is 0 Å². The fraction of sp³-hybridized carbons (Fsp3) is 0.717. The molecular formula is C53H96N2O6P+. The van der Waals surface area contributed by atoms with Crippen molar-refractivity contribution in [3.8, 4) is 0 Å². The zero-order valence-corrected chi connectivity index (χ0v) is 41.5. The lowest BCUT2D eigenvalue weighted by Gasteiger charge is -2.25. The highest BCUT2D eigenvalue weighted by Gasteiger charge is 2.27. The molecule has 62 heavy (non-hydrogen) atoms. The predicted octanol–water partition coefficient (Wildman–Crippen LogP) is 14.5. The van der Waals surface area contributed by atoms with E-state index in [-0.39, 0.29) is 19.1 Å². The van der Waals surface area contributed by atoms with Crippen LogP contribution in [0.4, 0.5) is 0 Å². The van der Waals surface area contributed by atoms with Crippen molar-refractivity contribution in [1.82, 2.24) is 5.32 Å². The number of quaternary nitrogens is 1. The largest absolute Gasteiger partial charge is 0.472 e. The van der Waals surface area contributed by atoms with Gasteiger partial charge in [-0.25, -0.2) is 4.57 Å². The van der Waals surface area contributed by atoms with E-state index in [1.54, 1.807) is 6.08 Å². The first-order chi connectivity index (χ1) is 30.0. The van der Waals surface area contributed by atoms with E-state index >= 15 is 0 Å². The maximum atomic E-state index is 12.9. The van der Waals surface area contributed by atoms with Crippen LogP contribution in [0.25, 0.3) is 0 Å². The molecule has 0 spiro atoms. The topological polar surface area (TPSA) is 105 Å². The van der Waals surface area contributed by atoms with Gasteiger partial charge in [0.05, 0.1) is 39.9 Å². The van der Waals surface area contributed by atoms with Gasteiger partial charge in [0.15, 0.2) is 0 Å². The first-order valence-corrected chi connectivity index (χ1v) is 26.5. The molecule has 0 aromatic rings. The zero-order valence-electron chi connectivity index (χ0n) is 40.6. The first kappa shape index (κ1) is 59.7. The third-order valence-corrected chi connectivity index (χ3v) is 11.6. The summed E-state index contributed by atoms with van der Waals surface area (Å²) in [5.74, 6) is -0.195. The summed E-state index contributed by atoms with van der Waals surface area (Å²) >= 11 is 0. The SMILES string of the molecule is CC/C=C\C/C=C\C/C=C\C/C=C\C/C=C\CCCCCCCCCCCCCC(=O)NC(COP(=O)(O)OCC[N+](C)(C)C)C(O)/C=C/CC/C=C/CCCCCCCCC. The average Bonchev–Trinajstić information content (AvgIpc) is 3.23. The molecule has 8 nitrogen and oxygen atoms in total. The Balaban J connectivity index is 4.26. The van der Waals surface area contributed by atoms with Crippen LogP contribution < -0.4 is 5.32 Å². The van der Waals surface area contributed by atoms with Gasteiger partial charge in [0.25, 0.3) is 0 Å². The van der Waals surface area contributed by atoms with Crippen LogP contribution in [0.3, 0.4) is 0 Å². The number of aliphatic hydroxyl groups excluding tert-OH is 1.